The minimum absolute atomic E-state index is 0.00944. The summed E-state index contributed by atoms with van der Waals surface area (Å²) in [7, 11) is 1.37. The van der Waals surface area contributed by atoms with Gasteiger partial charge in [0.05, 0.1) is 12.8 Å². The topological polar surface area (TPSA) is 48.1 Å². The van der Waals surface area contributed by atoms with Crippen LogP contribution < -0.4 is 10.5 Å². The number of methoxy groups -OCH3 is 1. The number of ether oxygens (including phenoxy) is 1. The molecule has 0 aromatic carbocycles. The molecule has 0 bridgehead atoms. The van der Waals surface area contributed by atoms with Gasteiger partial charge in [-0.15, -0.1) is 0 Å². The van der Waals surface area contributed by atoms with E-state index in [4.69, 9.17) is 10.5 Å². The fourth-order valence-corrected chi connectivity index (χ4v) is 0.835. The van der Waals surface area contributed by atoms with Crippen molar-refractivity contribution in [1.29, 1.82) is 0 Å². The van der Waals surface area contributed by atoms with Crippen molar-refractivity contribution < 1.29 is 9.13 Å². The number of hydrogen-bond acceptors (Lipinski definition) is 3. The second kappa shape index (κ2) is 3.49. The van der Waals surface area contributed by atoms with Gasteiger partial charge in [-0.25, -0.2) is 9.37 Å². The second-order valence-corrected chi connectivity index (χ2v) is 2.52. The molecule has 1 heterocycles. The minimum Gasteiger partial charge on any atom is -0.479 e. The molecule has 0 aliphatic rings. The molecular formula is C8H11FN2O. The maximum Gasteiger partial charge on any atom is 0.250 e. The average molecular weight is 170 g/mol. The van der Waals surface area contributed by atoms with E-state index < -0.39 is 5.82 Å². The first-order valence-corrected chi connectivity index (χ1v) is 3.61. The molecule has 12 heavy (non-hydrogen) atoms. The molecule has 4 heteroatoms. The molecule has 0 saturated carbocycles. The highest BCUT2D eigenvalue weighted by Crippen LogP contribution is 2.16. The van der Waals surface area contributed by atoms with Crippen LogP contribution in [0.3, 0.4) is 0 Å². The third kappa shape index (κ3) is 1.71. The number of pyridine rings is 1. The van der Waals surface area contributed by atoms with Gasteiger partial charge in [0.15, 0.2) is 5.82 Å². The zero-order valence-electron chi connectivity index (χ0n) is 7.04. The van der Waals surface area contributed by atoms with Crippen LogP contribution in [0.4, 0.5) is 4.39 Å². The van der Waals surface area contributed by atoms with Gasteiger partial charge in [-0.1, -0.05) is 0 Å². The third-order valence-electron chi connectivity index (χ3n) is 1.50. The number of halogens is 1. The molecule has 0 radical (unpaired) electrons. The summed E-state index contributed by atoms with van der Waals surface area (Å²) in [5.41, 5.74) is 6.17. The van der Waals surface area contributed by atoms with Crippen molar-refractivity contribution in [2.45, 2.75) is 13.0 Å². The summed E-state index contributed by atoms with van der Waals surface area (Å²) >= 11 is 0. The Hall–Kier alpha value is -1.16. The lowest BCUT2D eigenvalue weighted by Crippen LogP contribution is -2.08. The number of nitrogens with zero attached hydrogens (tertiary/aromatic N) is 1. The van der Waals surface area contributed by atoms with Crippen LogP contribution in [0, 0.1) is 5.82 Å². The third-order valence-corrected chi connectivity index (χ3v) is 1.50. The Labute approximate surface area is 70.4 Å². The Morgan fingerprint density at radius 2 is 2.25 bits per heavy atom. The van der Waals surface area contributed by atoms with E-state index in [1.807, 2.05) is 0 Å². The molecule has 1 atom stereocenters. The summed E-state index contributed by atoms with van der Waals surface area (Å²) in [5.74, 6) is -0.480. The van der Waals surface area contributed by atoms with Crippen LogP contribution in [0.5, 0.6) is 5.88 Å². The van der Waals surface area contributed by atoms with Gasteiger partial charge in [-0.3, -0.25) is 0 Å². The van der Waals surface area contributed by atoms with Gasteiger partial charge < -0.3 is 10.5 Å². The predicted octanol–water partition coefficient (Wildman–Crippen LogP) is 1.25. The summed E-state index contributed by atoms with van der Waals surface area (Å²) in [6.07, 6.45) is 0. The van der Waals surface area contributed by atoms with Gasteiger partial charge in [-0.2, -0.15) is 0 Å². The van der Waals surface area contributed by atoms with Crippen molar-refractivity contribution in [3.8, 4) is 5.88 Å². The second-order valence-electron chi connectivity index (χ2n) is 2.52. The van der Waals surface area contributed by atoms with E-state index in [2.05, 4.69) is 4.98 Å². The SMILES string of the molecule is COc1nc(C(C)N)ccc1F. The molecule has 0 saturated heterocycles. The number of hydrogen-bond donors (Lipinski definition) is 1. The monoisotopic (exact) mass is 170 g/mol. The van der Waals surface area contributed by atoms with Crippen molar-refractivity contribution in [2.75, 3.05) is 7.11 Å². The van der Waals surface area contributed by atoms with Crippen LogP contribution >= 0.6 is 0 Å². The van der Waals surface area contributed by atoms with Gasteiger partial charge in [0, 0.05) is 6.04 Å². The molecule has 0 spiro atoms. The molecule has 1 unspecified atom stereocenters. The predicted molar refractivity (Wildman–Crippen MR) is 43.3 cm³/mol. The maximum absolute atomic E-state index is 12.8. The Morgan fingerprint density at radius 3 is 2.75 bits per heavy atom. The Morgan fingerprint density at radius 1 is 1.58 bits per heavy atom. The Balaban J connectivity index is 3.05. The summed E-state index contributed by atoms with van der Waals surface area (Å²) in [6, 6.07) is 2.63. The molecule has 1 aromatic heterocycles. The van der Waals surface area contributed by atoms with Gasteiger partial charge in [0.2, 0.25) is 5.88 Å². The molecule has 0 amide bonds. The Kier molecular flexibility index (Phi) is 2.60. The molecule has 3 nitrogen and oxygen atoms in total. The molecule has 1 rings (SSSR count). The van der Waals surface area contributed by atoms with Crippen molar-refractivity contribution in [1.82, 2.24) is 4.98 Å². The van der Waals surface area contributed by atoms with E-state index >= 15 is 0 Å². The molecule has 66 valence electrons. The van der Waals surface area contributed by atoms with E-state index in [9.17, 15) is 4.39 Å². The number of rotatable bonds is 2. The quantitative estimate of drug-likeness (QED) is 0.726. The first kappa shape index (κ1) is 8.93. The lowest BCUT2D eigenvalue weighted by Gasteiger charge is -2.06. The van der Waals surface area contributed by atoms with Gasteiger partial charge in [0.1, 0.15) is 0 Å². The summed E-state index contributed by atoms with van der Waals surface area (Å²) in [5, 5.41) is 0. The van der Waals surface area contributed by atoms with E-state index in [0.29, 0.717) is 5.69 Å². The largest absolute Gasteiger partial charge is 0.479 e. The normalized spacial score (nSPS) is 12.7. The molecule has 0 fully saturated rings. The smallest absolute Gasteiger partial charge is 0.250 e. The van der Waals surface area contributed by atoms with Crippen molar-refractivity contribution in [2.24, 2.45) is 5.73 Å². The number of nitrogens with two attached hydrogens (primary N) is 1. The minimum atomic E-state index is -0.470. The van der Waals surface area contributed by atoms with E-state index in [-0.39, 0.29) is 11.9 Å². The van der Waals surface area contributed by atoms with Crippen LogP contribution in [0.25, 0.3) is 0 Å². The maximum atomic E-state index is 12.8. The highest BCUT2D eigenvalue weighted by Gasteiger charge is 2.07. The molecule has 2 N–H and O–H groups in total. The summed E-state index contributed by atoms with van der Waals surface area (Å²) in [6.45, 7) is 1.78. The van der Waals surface area contributed by atoms with E-state index in [1.165, 1.54) is 13.2 Å². The van der Waals surface area contributed by atoms with E-state index in [1.54, 1.807) is 13.0 Å². The van der Waals surface area contributed by atoms with Crippen molar-refractivity contribution >= 4 is 0 Å². The van der Waals surface area contributed by atoms with Crippen LogP contribution in [0.1, 0.15) is 18.7 Å². The zero-order chi connectivity index (χ0) is 9.14. The van der Waals surface area contributed by atoms with Crippen LogP contribution in [0.2, 0.25) is 0 Å². The highest BCUT2D eigenvalue weighted by atomic mass is 19.1. The lowest BCUT2D eigenvalue weighted by atomic mass is 10.2. The van der Waals surface area contributed by atoms with Crippen molar-refractivity contribution in [3.63, 3.8) is 0 Å². The molecule has 0 aliphatic heterocycles. The van der Waals surface area contributed by atoms with Crippen LogP contribution in [-0.2, 0) is 0 Å². The standard InChI is InChI=1S/C8H11FN2O/c1-5(10)7-4-3-6(9)8(11-7)12-2/h3-5H,10H2,1-2H3. The van der Waals surface area contributed by atoms with Gasteiger partial charge in [0.25, 0.3) is 0 Å². The molecular weight excluding hydrogens is 159 g/mol. The van der Waals surface area contributed by atoms with Gasteiger partial charge >= 0.3 is 0 Å². The summed E-state index contributed by atoms with van der Waals surface area (Å²) in [4.78, 5) is 3.87. The molecule has 1 aromatic rings. The zero-order valence-corrected chi connectivity index (χ0v) is 7.04. The van der Waals surface area contributed by atoms with Crippen molar-refractivity contribution in [3.05, 3.63) is 23.6 Å². The first-order chi connectivity index (χ1) is 5.65. The fourth-order valence-electron chi connectivity index (χ4n) is 0.835. The first-order valence-electron chi connectivity index (χ1n) is 3.61. The van der Waals surface area contributed by atoms with Crippen LogP contribution in [0.15, 0.2) is 12.1 Å². The average Bonchev–Trinajstić information content (AvgIpc) is 2.05. The highest BCUT2D eigenvalue weighted by molar-refractivity contribution is 5.19. The fraction of sp³-hybridized carbons (Fsp3) is 0.375. The lowest BCUT2D eigenvalue weighted by molar-refractivity contribution is 0.366. The van der Waals surface area contributed by atoms with Gasteiger partial charge in [-0.05, 0) is 19.1 Å². The van der Waals surface area contributed by atoms with Crippen LogP contribution in [-0.4, -0.2) is 12.1 Å². The summed E-state index contributed by atoms with van der Waals surface area (Å²) < 4.78 is 17.5. The number of aromatic nitrogens is 1. The Bertz CT molecular complexity index is 276. The van der Waals surface area contributed by atoms with E-state index in [0.717, 1.165) is 0 Å². The molecule has 0 aliphatic carbocycles.